The molecule has 0 aliphatic carbocycles. The second kappa shape index (κ2) is 7.87. The Hall–Kier alpha value is -1.59. The van der Waals surface area contributed by atoms with Gasteiger partial charge < -0.3 is 9.47 Å². The van der Waals surface area contributed by atoms with E-state index in [1.54, 1.807) is 13.8 Å². The van der Waals surface area contributed by atoms with Crippen molar-refractivity contribution in [3.05, 3.63) is 35.6 Å². The first-order chi connectivity index (χ1) is 9.51. The molecule has 1 unspecified atom stereocenters. The molecule has 0 fully saturated rings. The summed E-state index contributed by atoms with van der Waals surface area (Å²) in [5, 5.41) is 0. The maximum Gasteiger partial charge on any atom is 0.218 e. The Labute approximate surface area is 117 Å². The number of ketones is 2. The van der Waals surface area contributed by atoms with Gasteiger partial charge in [0.2, 0.25) is 6.29 Å². The van der Waals surface area contributed by atoms with Gasteiger partial charge in [0, 0.05) is 18.8 Å². The lowest BCUT2D eigenvalue weighted by molar-refractivity contribution is -0.170. The summed E-state index contributed by atoms with van der Waals surface area (Å²) in [4.78, 5) is 24.3. The Bertz CT molecular complexity index is 449. The third kappa shape index (κ3) is 4.21. The zero-order chi connectivity index (χ0) is 15.1. The van der Waals surface area contributed by atoms with Crippen LogP contribution in [0.4, 0.5) is 4.39 Å². The lowest BCUT2D eigenvalue weighted by atomic mass is 9.95. The van der Waals surface area contributed by atoms with Gasteiger partial charge in [-0.25, -0.2) is 4.39 Å². The molecule has 0 amide bonds. The summed E-state index contributed by atoms with van der Waals surface area (Å²) < 4.78 is 23.2. The molecular formula is C15H19FO4. The van der Waals surface area contributed by atoms with Gasteiger partial charge in [-0.05, 0) is 45.0 Å². The fourth-order valence-electron chi connectivity index (χ4n) is 1.71. The molecule has 1 rings (SSSR count). The number of rotatable bonds is 8. The first-order valence-electron chi connectivity index (χ1n) is 6.57. The van der Waals surface area contributed by atoms with E-state index in [9.17, 15) is 14.0 Å². The van der Waals surface area contributed by atoms with Crippen molar-refractivity contribution in [1.82, 2.24) is 0 Å². The van der Waals surface area contributed by atoms with E-state index >= 15 is 0 Å². The van der Waals surface area contributed by atoms with Crippen LogP contribution in [0.15, 0.2) is 24.3 Å². The smallest absolute Gasteiger partial charge is 0.218 e. The van der Waals surface area contributed by atoms with Gasteiger partial charge in [0.05, 0.1) is 5.92 Å². The third-order valence-electron chi connectivity index (χ3n) is 2.82. The molecule has 4 nitrogen and oxygen atoms in total. The summed E-state index contributed by atoms with van der Waals surface area (Å²) in [7, 11) is 0. The van der Waals surface area contributed by atoms with Crippen molar-refractivity contribution in [3.63, 3.8) is 0 Å². The van der Waals surface area contributed by atoms with Crippen molar-refractivity contribution in [2.24, 2.45) is 5.92 Å². The van der Waals surface area contributed by atoms with Crippen molar-refractivity contribution < 1.29 is 23.5 Å². The molecule has 0 saturated heterocycles. The normalized spacial score (nSPS) is 12.4. The zero-order valence-corrected chi connectivity index (χ0v) is 11.9. The number of halogens is 1. The fourth-order valence-corrected chi connectivity index (χ4v) is 1.71. The number of carbonyl (C=O) groups is 2. The zero-order valence-electron chi connectivity index (χ0n) is 11.9. The highest BCUT2D eigenvalue weighted by Gasteiger charge is 2.30. The van der Waals surface area contributed by atoms with E-state index in [0.717, 1.165) is 0 Å². The van der Waals surface area contributed by atoms with Crippen LogP contribution >= 0.6 is 0 Å². The molecule has 110 valence electrons. The molecule has 0 saturated carbocycles. The second-order valence-corrected chi connectivity index (χ2v) is 4.24. The molecule has 0 spiro atoms. The van der Waals surface area contributed by atoms with Gasteiger partial charge in [-0.15, -0.1) is 0 Å². The van der Waals surface area contributed by atoms with E-state index in [4.69, 9.17) is 9.47 Å². The van der Waals surface area contributed by atoms with Gasteiger partial charge in [0.1, 0.15) is 5.82 Å². The molecule has 0 N–H and O–H groups in total. The molecule has 0 bridgehead atoms. The van der Waals surface area contributed by atoms with Gasteiger partial charge >= 0.3 is 0 Å². The minimum atomic E-state index is -1.04. The average molecular weight is 282 g/mol. The number of carbonyl (C=O) groups excluding carboxylic acids is 2. The SMILES string of the molecule is CCOC(OCC)C(=O)C(C)C(=O)c1ccc(F)cc1. The molecule has 1 atom stereocenters. The monoisotopic (exact) mass is 282 g/mol. The fraction of sp³-hybridized carbons (Fsp3) is 0.467. The minimum absolute atomic E-state index is 0.291. The van der Waals surface area contributed by atoms with Gasteiger partial charge in [0.25, 0.3) is 0 Å². The quantitative estimate of drug-likeness (QED) is 0.418. The summed E-state index contributed by atoms with van der Waals surface area (Å²) in [6, 6.07) is 5.09. The van der Waals surface area contributed by atoms with Crippen LogP contribution in [0, 0.1) is 11.7 Å². The van der Waals surface area contributed by atoms with Crippen LogP contribution in [-0.4, -0.2) is 31.1 Å². The van der Waals surface area contributed by atoms with Crippen LogP contribution in [0.2, 0.25) is 0 Å². The largest absolute Gasteiger partial charge is 0.346 e. The third-order valence-corrected chi connectivity index (χ3v) is 2.82. The van der Waals surface area contributed by atoms with E-state index < -0.39 is 23.8 Å². The highest BCUT2D eigenvalue weighted by atomic mass is 19.1. The van der Waals surface area contributed by atoms with Crippen molar-refractivity contribution in [3.8, 4) is 0 Å². The number of ether oxygens (including phenoxy) is 2. The van der Waals surface area contributed by atoms with E-state index in [1.807, 2.05) is 0 Å². The molecule has 5 heteroatoms. The molecule has 1 aromatic carbocycles. The number of Topliss-reactive ketones (excluding diaryl/α,β-unsaturated/α-hetero) is 2. The van der Waals surface area contributed by atoms with Crippen LogP contribution in [0.3, 0.4) is 0 Å². The van der Waals surface area contributed by atoms with Crippen molar-refractivity contribution in [1.29, 1.82) is 0 Å². The molecule has 0 radical (unpaired) electrons. The Kier molecular flexibility index (Phi) is 6.48. The van der Waals surface area contributed by atoms with Crippen molar-refractivity contribution in [2.45, 2.75) is 27.1 Å². The van der Waals surface area contributed by atoms with Gasteiger partial charge in [-0.2, -0.15) is 0 Å². The molecule has 0 aliphatic heterocycles. The first-order valence-corrected chi connectivity index (χ1v) is 6.57. The average Bonchev–Trinajstić information content (AvgIpc) is 2.45. The molecule has 0 aromatic heterocycles. The predicted octanol–water partition coefficient (Wildman–Crippen LogP) is 2.61. The minimum Gasteiger partial charge on any atom is -0.346 e. The lowest BCUT2D eigenvalue weighted by Crippen LogP contribution is -2.35. The van der Waals surface area contributed by atoms with Gasteiger partial charge in [-0.1, -0.05) is 0 Å². The Morgan fingerprint density at radius 2 is 1.60 bits per heavy atom. The van der Waals surface area contributed by atoms with E-state index in [1.165, 1.54) is 31.2 Å². The van der Waals surface area contributed by atoms with Gasteiger partial charge in [-0.3, -0.25) is 9.59 Å². The Balaban J connectivity index is 2.81. The maximum atomic E-state index is 12.8. The van der Waals surface area contributed by atoms with Crippen LogP contribution in [0.25, 0.3) is 0 Å². The van der Waals surface area contributed by atoms with Crippen molar-refractivity contribution >= 4 is 11.6 Å². The van der Waals surface area contributed by atoms with E-state index in [-0.39, 0.29) is 5.78 Å². The molecule has 0 heterocycles. The summed E-state index contributed by atoms with van der Waals surface area (Å²) in [5.41, 5.74) is 0.291. The Morgan fingerprint density at radius 3 is 2.05 bits per heavy atom. The van der Waals surface area contributed by atoms with Crippen LogP contribution < -0.4 is 0 Å². The first kappa shape index (κ1) is 16.5. The van der Waals surface area contributed by atoms with Crippen LogP contribution in [0.1, 0.15) is 31.1 Å². The van der Waals surface area contributed by atoms with Crippen LogP contribution in [0.5, 0.6) is 0 Å². The topological polar surface area (TPSA) is 52.6 Å². The molecular weight excluding hydrogens is 263 g/mol. The number of benzene rings is 1. The maximum absolute atomic E-state index is 12.8. The van der Waals surface area contributed by atoms with Crippen molar-refractivity contribution in [2.75, 3.05) is 13.2 Å². The Morgan fingerprint density at radius 1 is 1.10 bits per heavy atom. The molecule has 0 aliphatic rings. The number of hydrogen-bond donors (Lipinski definition) is 0. The standard InChI is InChI=1S/C15H19FO4/c1-4-19-15(20-5-2)14(18)10(3)13(17)11-6-8-12(16)9-7-11/h6-10,15H,4-5H2,1-3H3. The lowest BCUT2D eigenvalue weighted by Gasteiger charge is -2.19. The molecule has 20 heavy (non-hydrogen) atoms. The highest BCUT2D eigenvalue weighted by molar-refractivity contribution is 6.11. The van der Waals surface area contributed by atoms with E-state index in [2.05, 4.69) is 0 Å². The summed E-state index contributed by atoms with van der Waals surface area (Å²) in [6.07, 6.45) is -1.04. The van der Waals surface area contributed by atoms with E-state index in [0.29, 0.717) is 18.8 Å². The number of hydrogen-bond acceptors (Lipinski definition) is 4. The predicted molar refractivity (Wildman–Crippen MR) is 71.9 cm³/mol. The van der Waals surface area contributed by atoms with Gasteiger partial charge in [0.15, 0.2) is 11.6 Å². The molecule has 1 aromatic rings. The van der Waals surface area contributed by atoms with Crippen LogP contribution in [-0.2, 0) is 14.3 Å². The highest BCUT2D eigenvalue weighted by Crippen LogP contribution is 2.14. The summed E-state index contributed by atoms with van der Waals surface area (Å²) >= 11 is 0. The summed E-state index contributed by atoms with van der Waals surface area (Å²) in [6.45, 7) is 5.61. The second-order valence-electron chi connectivity index (χ2n) is 4.24. The summed E-state index contributed by atoms with van der Waals surface area (Å²) in [5.74, 6) is -2.13.